The number of carboxylic acid groups (broad SMARTS) is 1. The van der Waals surface area contributed by atoms with Crippen LogP contribution < -0.4 is 0 Å². The number of piperidine rings is 1. The molecular weight excluding hydrogens is 243 g/mol. The number of likely N-dealkylation sites (tertiary alicyclic amines) is 1. The first-order valence-electron chi connectivity index (χ1n) is 4.92. The van der Waals surface area contributed by atoms with Crippen molar-refractivity contribution in [3.05, 3.63) is 0 Å². The summed E-state index contributed by atoms with van der Waals surface area (Å²) < 4.78 is 41.6. The van der Waals surface area contributed by atoms with Crippen LogP contribution in [0, 0.1) is 0 Å². The molecule has 0 spiro atoms. The topological polar surface area (TPSA) is 66.8 Å². The Labute approximate surface area is 95.1 Å². The van der Waals surface area contributed by atoms with E-state index in [0.717, 1.165) is 0 Å². The number of carbonyl (C=O) groups is 2. The number of halogens is 3. The largest absolute Gasteiger partial charge is 0.480 e. The average molecular weight is 255 g/mol. The van der Waals surface area contributed by atoms with E-state index in [-0.39, 0.29) is 13.0 Å². The van der Waals surface area contributed by atoms with Gasteiger partial charge in [-0.2, -0.15) is 13.2 Å². The molecule has 1 aliphatic rings. The van der Waals surface area contributed by atoms with Gasteiger partial charge in [0.1, 0.15) is 0 Å². The van der Waals surface area contributed by atoms with Crippen molar-refractivity contribution in [2.45, 2.75) is 31.2 Å². The van der Waals surface area contributed by atoms with Gasteiger partial charge in [0.25, 0.3) is 0 Å². The first-order valence-corrected chi connectivity index (χ1v) is 4.92. The number of hydrogen-bond donors (Lipinski definition) is 1. The minimum atomic E-state index is -5.07. The molecule has 1 aliphatic heterocycles. The standard InChI is InChI=1S/C9H12F3NO4/c1-17-5-3-2-4-13(6(5)7(14)15)8(16)9(10,11)12/h5-6H,2-4H2,1H3,(H,14,15). The Morgan fingerprint density at radius 2 is 2.00 bits per heavy atom. The van der Waals surface area contributed by atoms with E-state index in [4.69, 9.17) is 9.84 Å². The van der Waals surface area contributed by atoms with Crippen LogP contribution in [0.4, 0.5) is 13.2 Å². The summed E-state index contributed by atoms with van der Waals surface area (Å²) in [5.41, 5.74) is 0. The van der Waals surface area contributed by atoms with Crippen LogP contribution in [0.5, 0.6) is 0 Å². The van der Waals surface area contributed by atoms with Crippen molar-refractivity contribution < 1.29 is 32.6 Å². The van der Waals surface area contributed by atoms with Crippen LogP contribution in [-0.2, 0) is 14.3 Å². The van der Waals surface area contributed by atoms with Gasteiger partial charge in [0.2, 0.25) is 0 Å². The molecule has 1 saturated heterocycles. The van der Waals surface area contributed by atoms with Crippen molar-refractivity contribution in [3.8, 4) is 0 Å². The van der Waals surface area contributed by atoms with E-state index < -0.39 is 30.2 Å². The number of nitrogens with zero attached hydrogens (tertiary/aromatic N) is 1. The third-order valence-corrected chi connectivity index (χ3v) is 2.63. The van der Waals surface area contributed by atoms with Crippen molar-refractivity contribution in [2.75, 3.05) is 13.7 Å². The predicted molar refractivity (Wildman–Crippen MR) is 49.2 cm³/mol. The summed E-state index contributed by atoms with van der Waals surface area (Å²) in [6.45, 7) is -0.227. The Morgan fingerprint density at radius 1 is 1.41 bits per heavy atom. The first kappa shape index (κ1) is 13.8. The molecule has 1 heterocycles. The Balaban J connectivity index is 2.95. The SMILES string of the molecule is COC1CCCN(C(=O)C(F)(F)F)C1C(=O)O. The third kappa shape index (κ3) is 2.87. The van der Waals surface area contributed by atoms with Crippen LogP contribution in [0.1, 0.15) is 12.8 Å². The maximum Gasteiger partial charge on any atom is 0.471 e. The zero-order chi connectivity index (χ0) is 13.2. The van der Waals surface area contributed by atoms with Crippen LogP contribution in [0.3, 0.4) is 0 Å². The van der Waals surface area contributed by atoms with Crippen molar-refractivity contribution in [2.24, 2.45) is 0 Å². The fraction of sp³-hybridized carbons (Fsp3) is 0.778. The number of rotatable bonds is 2. The molecule has 2 atom stereocenters. The summed E-state index contributed by atoms with van der Waals surface area (Å²) in [5, 5.41) is 8.88. The molecule has 0 bridgehead atoms. The van der Waals surface area contributed by atoms with Gasteiger partial charge in [-0.1, -0.05) is 0 Å². The van der Waals surface area contributed by atoms with E-state index in [2.05, 4.69) is 0 Å². The van der Waals surface area contributed by atoms with Crippen LogP contribution in [0.25, 0.3) is 0 Å². The lowest BCUT2D eigenvalue weighted by Gasteiger charge is -2.38. The number of methoxy groups -OCH3 is 1. The van der Waals surface area contributed by atoms with E-state index >= 15 is 0 Å². The molecule has 0 aromatic heterocycles. The summed E-state index contributed by atoms with van der Waals surface area (Å²) in [5.74, 6) is -3.62. The minimum Gasteiger partial charge on any atom is -0.480 e. The summed E-state index contributed by atoms with van der Waals surface area (Å²) in [4.78, 5) is 22.3. The Morgan fingerprint density at radius 3 is 2.41 bits per heavy atom. The molecule has 1 fully saturated rings. The lowest BCUT2D eigenvalue weighted by molar-refractivity contribution is -0.195. The maximum absolute atomic E-state index is 12.3. The summed E-state index contributed by atoms with van der Waals surface area (Å²) in [6, 6.07) is -1.58. The van der Waals surface area contributed by atoms with Crippen LogP contribution in [-0.4, -0.2) is 53.9 Å². The molecule has 1 rings (SSSR count). The second-order valence-corrected chi connectivity index (χ2v) is 3.70. The van der Waals surface area contributed by atoms with E-state index in [1.807, 2.05) is 0 Å². The fourth-order valence-electron chi connectivity index (χ4n) is 1.89. The fourth-order valence-corrected chi connectivity index (χ4v) is 1.89. The molecule has 0 saturated carbocycles. The summed E-state index contributed by atoms with van der Waals surface area (Å²) >= 11 is 0. The molecule has 8 heteroatoms. The second-order valence-electron chi connectivity index (χ2n) is 3.70. The van der Waals surface area contributed by atoms with E-state index in [1.54, 1.807) is 0 Å². The zero-order valence-corrected chi connectivity index (χ0v) is 9.03. The molecule has 1 N–H and O–H groups in total. The number of hydrogen-bond acceptors (Lipinski definition) is 3. The van der Waals surface area contributed by atoms with Crippen molar-refractivity contribution in [3.63, 3.8) is 0 Å². The zero-order valence-electron chi connectivity index (χ0n) is 9.03. The van der Waals surface area contributed by atoms with Gasteiger partial charge in [-0.05, 0) is 12.8 Å². The minimum absolute atomic E-state index is 0.227. The van der Waals surface area contributed by atoms with E-state index in [1.165, 1.54) is 7.11 Å². The average Bonchev–Trinajstić information content (AvgIpc) is 2.25. The monoisotopic (exact) mass is 255 g/mol. The molecule has 0 aliphatic carbocycles. The number of amides is 1. The Bertz CT molecular complexity index is 318. The van der Waals surface area contributed by atoms with E-state index in [0.29, 0.717) is 11.3 Å². The molecule has 1 amide bonds. The molecular formula is C9H12F3NO4. The van der Waals surface area contributed by atoms with Gasteiger partial charge in [-0.15, -0.1) is 0 Å². The van der Waals surface area contributed by atoms with Crippen LogP contribution in [0.15, 0.2) is 0 Å². The number of alkyl halides is 3. The highest BCUT2D eigenvalue weighted by Gasteiger charge is 2.49. The summed E-state index contributed by atoms with van der Waals surface area (Å²) in [6.07, 6.45) is -5.38. The molecule has 17 heavy (non-hydrogen) atoms. The highest BCUT2D eigenvalue weighted by Crippen LogP contribution is 2.26. The van der Waals surface area contributed by atoms with Gasteiger partial charge in [0.05, 0.1) is 6.10 Å². The van der Waals surface area contributed by atoms with Gasteiger partial charge >= 0.3 is 18.1 Å². The molecule has 5 nitrogen and oxygen atoms in total. The first-order chi connectivity index (χ1) is 7.79. The third-order valence-electron chi connectivity index (χ3n) is 2.63. The van der Waals surface area contributed by atoms with E-state index in [9.17, 15) is 22.8 Å². The Kier molecular flexibility index (Phi) is 3.97. The number of carbonyl (C=O) groups excluding carboxylic acids is 1. The van der Waals surface area contributed by atoms with Gasteiger partial charge in [-0.3, -0.25) is 4.79 Å². The van der Waals surface area contributed by atoms with Crippen molar-refractivity contribution >= 4 is 11.9 Å². The molecule has 0 aromatic carbocycles. The predicted octanol–water partition coefficient (Wildman–Crippen LogP) is 0.639. The van der Waals surface area contributed by atoms with Crippen LogP contribution in [0.2, 0.25) is 0 Å². The quantitative estimate of drug-likeness (QED) is 0.786. The molecule has 98 valence electrons. The van der Waals surface area contributed by atoms with Crippen LogP contribution >= 0.6 is 0 Å². The number of carboxylic acids is 1. The molecule has 2 unspecified atom stereocenters. The van der Waals surface area contributed by atoms with Gasteiger partial charge in [0, 0.05) is 13.7 Å². The summed E-state index contributed by atoms with van der Waals surface area (Å²) in [7, 11) is 1.21. The van der Waals surface area contributed by atoms with Gasteiger partial charge < -0.3 is 14.7 Å². The van der Waals surface area contributed by atoms with Gasteiger partial charge in [0.15, 0.2) is 6.04 Å². The smallest absolute Gasteiger partial charge is 0.471 e. The molecule has 0 aromatic rings. The van der Waals surface area contributed by atoms with Gasteiger partial charge in [-0.25, -0.2) is 4.79 Å². The second kappa shape index (κ2) is 4.91. The lowest BCUT2D eigenvalue weighted by Crippen LogP contribution is -2.58. The number of aliphatic carboxylic acids is 1. The van der Waals surface area contributed by atoms with Crippen molar-refractivity contribution in [1.82, 2.24) is 4.90 Å². The van der Waals surface area contributed by atoms with Crippen molar-refractivity contribution in [1.29, 1.82) is 0 Å². The normalized spacial score (nSPS) is 25.8. The molecule has 0 radical (unpaired) electrons. The lowest BCUT2D eigenvalue weighted by atomic mass is 9.98. The highest BCUT2D eigenvalue weighted by atomic mass is 19.4. The number of ether oxygens (including phenoxy) is 1. The highest BCUT2D eigenvalue weighted by molar-refractivity contribution is 5.87. The Hall–Kier alpha value is -1.31. The maximum atomic E-state index is 12.3.